The third-order valence-corrected chi connectivity index (χ3v) is 2.89. The Morgan fingerprint density at radius 3 is 2.88 bits per heavy atom. The van der Waals surface area contributed by atoms with Crippen LogP contribution in [-0.4, -0.2) is 22.6 Å². The molecule has 16 heavy (non-hydrogen) atoms. The highest BCUT2D eigenvalue weighted by Gasteiger charge is 2.02. The van der Waals surface area contributed by atoms with Crippen LogP contribution in [0, 0.1) is 5.92 Å². The lowest BCUT2D eigenvalue weighted by atomic mass is 10.1. The predicted molar refractivity (Wildman–Crippen MR) is 68.5 cm³/mol. The number of hydrogen-bond donors (Lipinski definition) is 1. The highest BCUT2D eigenvalue weighted by molar-refractivity contribution is 4.97. The molecule has 3 nitrogen and oxygen atoms in total. The van der Waals surface area contributed by atoms with Gasteiger partial charge in [-0.1, -0.05) is 27.2 Å². The molecule has 0 spiro atoms. The number of imidazole rings is 1. The third-order valence-electron chi connectivity index (χ3n) is 2.89. The maximum atomic E-state index is 4.42. The van der Waals surface area contributed by atoms with Gasteiger partial charge in [-0.25, -0.2) is 4.98 Å². The molecule has 3 heteroatoms. The summed E-state index contributed by atoms with van der Waals surface area (Å²) in [5.74, 6) is 0.736. The van der Waals surface area contributed by atoms with E-state index in [0.29, 0.717) is 0 Å². The van der Waals surface area contributed by atoms with E-state index in [1.807, 2.05) is 6.33 Å². The van der Waals surface area contributed by atoms with E-state index in [9.17, 15) is 0 Å². The molecule has 0 aliphatic carbocycles. The topological polar surface area (TPSA) is 29.9 Å². The Hall–Kier alpha value is -0.830. The highest BCUT2D eigenvalue weighted by atomic mass is 15.0. The molecule has 1 unspecified atom stereocenters. The minimum absolute atomic E-state index is 0.736. The second kappa shape index (κ2) is 7.44. The van der Waals surface area contributed by atoms with Gasteiger partial charge in [-0.3, -0.25) is 0 Å². The molecule has 0 aliphatic heterocycles. The Morgan fingerprint density at radius 1 is 1.38 bits per heavy atom. The van der Waals surface area contributed by atoms with Crippen molar-refractivity contribution in [1.82, 2.24) is 14.9 Å². The number of rotatable bonds is 8. The van der Waals surface area contributed by atoms with E-state index in [-0.39, 0.29) is 0 Å². The van der Waals surface area contributed by atoms with Crippen LogP contribution >= 0.6 is 0 Å². The maximum Gasteiger partial charge on any atom is 0.0949 e. The summed E-state index contributed by atoms with van der Waals surface area (Å²) >= 11 is 0. The van der Waals surface area contributed by atoms with Gasteiger partial charge in [0.15, 0.2) is 0 Å². The van der Waals surface area contributed by atoms with Crippen molar-refractivity contribution in [3.05, 3.63) is 18.2 Å². The van der Waals surface area contributed by atoms with Crippen molar-refractivity contribution in [2.75, 3.05) is 13.1 Å². The Morgan fingerprint density at radius 2 is 2.19 bits per heavy atom. The summed E-state index contributed by atoms with van der Waals surface area (Å²) in [6.45, 7) is 9.93. The van der Waals surface area contributed by atoms with E-state index in [2.05, 4.69) is 41.8 Å². The van der Waals surface area contributed by atoms with Crippen LogP contribution in [0.4, 0.5) is 0 Å². The van der Waals surface area contributed by atoms with Crippen molar-refractivity contribution in [2.24, 2.45) is 5.92 Å². The van der Waals surface area contributed by atoms with Crippen molar-refractivity contribution < 1.29 is 0 Å². The Labute approximate surface area is 99.3 Å². The van der Waals surface area contributed by atoms with E-state index < -0.39 is 0 Å². The van der Waals surface area contributed by atoms with Crippen molar-refractivity contribution in [3.63, 3.8) is 0 Å². The lowest BCUT2D eigenvalue weighted by Crippen LogP contribution is -2.17. The highest BCUT2D eigenvalue weighted by Crippen LogP contribution is 2.06. The van der Waals surface area contributed by atoms with E-state index >= 15 is 0 Å². The molecule has 0 amide bonds. The van der Waals surface area contributed by atoms with E-state index in [1.165, 1.54) is 18.5 Å². The lowest BCUT2D eigenvalue weighted by molar-refractivity contribution is 0.468. The molecule has 0 aromatic carbocycles. The molecule has 1 aromatic heterocycles. The quantitative estimate of drug-likeness (QED) is 0.686. The second-order valence-electron chi connectivity index (χ2n) is 4.58. The lowest BCUT2D eigenvalue weighted by Gasteiger charge is -2.08. The molecule has 0 radical (unpaired) electrons. The van der Waals surface area contributed by atoms with Crippen LogP contribution in [0.15, 0.2) is 12.5 Å². The zero-order valence-corrected chi connectivity index (χ0v) is 10.9. The summed E-state index contributed by atoms with van der Waals surface area (Å²) in [6.07, 6.45) is 7.60. The van der Waals surface area contributed by atoms with Gasteiger partial charge in [-0.05, 0) is 18.9 Å². The fraction of sp³-hybridized carbons (Fsp3) is 0.769. The normalized spacial score (nSPS) is 12.9. The van der Waals surface area contributed by atoms with Gasteiger partial charge < -0.3 is 9.88 Å². The second-order valence-corrected chi connectivity index (χ2v) is 4.58. The van der Waals surface area contributed by atoms with Crippen molar-refractivity contribution >= 4 is 0 Å². The molecule has 1 atom stereocenters. The van der Waals surface area contributed by atoms with Crippen LogP contribution in [0.2, 0.25) is 0 Å². The summed E-state index contributed by atoms with van der Waals surface area (Å²) in [5, 5.41) is 3.40. The first-order valence-electron chi connectivity index (χ1n) is 6.47. The molecular formula is C13H25N3. The number of hydrogen-bond acceptors (Lipinski definition) is 2. The van der Waals surface area contributed by atoms with Crippen molar-refractivity contribution in [3.8, 4) is 0 Å². The van der Waals surface area contributed by atoms with Crippen LogP contribution in [0.1, 0.15) is 39.3 Å². The molecule has 0 bridgehead atoms. The van der Waals surface area contributed by atoms with Gasteiger partial charge in [0.2, 0.25) is 0 Å². The van der Waals surface area contributed by atoms with Gasteiger partial charge in [-0.2, -0.15) is 0 Å². The van der Waals surface area contributed by atoms with Gasteiger partial charge in [0.05, 0.1) is 12.0 Å². The monoisotopic (exact) mass is 223 g/mol. The number of nitrogens with zero attached hydrogens (tertiary/aromatic N) is 2. The summed E-state index contributed by atoms with van der Waals surface area (Å²) in [4.78, 5) is 4.42. The molecule has 1 N–H and O–H groups in total. The van der Waals surface area contributed by atoms with Crippen molar-refractivity contribution in [2.45, 2.75) is 46.6 Å². The first-order valence-corrected chi connectivity index (χ1v) is 6.47. The van der Waals surface area contributed by atoms with Crippen LogP contribution in [-0.2, 0) is 13.0 Å². The standard InChI is InChI=1S/C13H25N3/c1-4-7-14-8-6-13-10-16(11-15-13)9-12(3)5-2/h10-12,14H,4-9H2,1-3H3. The smallest absolute Gasteiger partial charge is 0.0949 e. The van der Waals surface area contributed by atoms with Gasteiger partial charge in [0, 0.05) is 25.7 Å². The Balaban J connectivity index is 2.28. The molecule has 0 fully saturated rings. The first-order chi connectivity index (χ1) is 7.76. The fourth-order valence-corrected chi connectivity index (χ4v) is 1.64. The number of nitrogens with one attached hydrogen (secondary N) is 1. The van der Waals surface area contributed by atoms with E-state index in [1.54, 1.807) is 0 Å². The minimum atomic E-state index is 0.736. The first kappa shape index (κ1) is 13.2. The molecule has 1 rings (SSSR count). The summed E-state index contributed by atoms with van der Waals surface area (Å²) in [7, 11) is 0. The Kier molecular flexibility index (Phi) is 6.16. The van der Waals surface area contributed by atoms with Crippen LogP contribution in [0.3, 0.4) is 0 Å². The predicted octanol–water partition coefficient (Wildman–Crippen LogP) is 2.47. The number of aromatic nitrogens is 2. The zero-order valence-electron chi connectivity index (χ0n) is 10.9. The maximum absolute atomic E-state index is 4.42. The van der Waals surface area contributed by atoms with Crippen LogP contribution in [0.25, 0.3) is 0 Å². The molecule has 1 heterocycles. The SMILES string of the molecule is CCCNCCc1cn(CC(C)CC)cn1. The zero-order chi connectivity index (χ0) is 11.8. The van der Waals surface area contributed by atoms with E-state index in [4.69, 9.17) is 0 Å². The minimum Gasteiger partial charge on any atom is -0.337 e. The average Bonchev–Trinajstić information content (AvgIpc) is 2.72. The molecule has 92 valence electrons. The molecular weight excluding hydrogens is 198 g/mol. The third kappa shape index (κ3) is 4.79. The van der Waals surface area contributed by atoms with Crippen LogP contribution in [0.5, 0.6) is 0 Å². The largest absolute Gasteiger partial charge is 0.337 e. The van der Waals surface area contributed by atoms with Crippen molar-refractivity contribution in [1.29, 1.82) is 0 Å². The fourth-order valence-electron chi connectivity index (χ4n) is 1.64. The van der Waals surface area contributed by atoms with Crippen LogP contribution < -0.4 is 5.32 Å². The summed E-state index contributed by atoms with van der Waals surface area (Å²) in [6, 6.07) is 0. The van der Waals surface area contributed by atoms with E-state index in [0.717, 1.165) is 32.0 Å². The molecule has 0 saturated carbocycles. The molecule has 0 aliphatic rings. The Bertz CT molecular complexity index is 280. The summed E-state index contributed by atoms with van der Waals surface area (Å²) in [5.41, 5.74) is 1.20. The van der Waals surface area contributed by atoms with Gasteiger partial charge >= 0.3 is 0 Å². The van der Waals surface area contributed by atoms with Gasteiger partial charge in [-0.15, -0.1) is 0 Å². The average molecular weight is 223 g/mol. The molecule has 1 aromatic rings. The van der Waals surface area contributed by atoms with Gasteiger partial charge in [0.25, 0.3) is 0 Å². The summed E-state index contributed by atoms with van der Waals surface area (Å²) < 4.78 is 2.21. The van der Waals surface area contributed by atoms with Gasteiger partial charge in [0.1, 0.15) is 0 Å². The molecule has 0 saturated heterocycles.